The number of hydrogen-bond donors (Lipinski definition) is 0. The second-order valence-corrected chi connectivity index (χ2v) is 5.31. The van der Waals surface area contributed by atoms with Gasteiger partial charge in [-0.3, -0.25) is 4.57 Å². The molecule has 0 aliphatic carbocycles. The lowest BCUT2D eigenvalue weighted by Crippen LogP contribution is -2.11. The predicted octanol–water partition coefficient (Wildman–Crippen LogP) is 4.37. The minimum atomic E-state index is -0.235. The molecule has 0 amide bonds. The van der Waals surface area contributed by atoms with Gasteiger partial charge in [0, 0.05) is 4.47 Å². The Hall–Kier alpha value is -0.200. The van der Waals surface area contributed by atoms with E-state index in [9.17, 15) is 4.57 Å². The molecule has 1 atom stereocenters. The van der Waals surface area contributed by atoms with Gasteiger partial charge in [-0.15, -0.1) is 0 Å². The van der Waals surface area contributed by atoms with Crippen LogP contribution >= 0.6 is 24.4 Å². The zero-order valence-electron chi connectivity index (χ0n) is 7.75. The van der Waals surface area contributed by atoms with E-state index in [0.29, 0.717) is 0 Å². The Bertz CT molecular complexity index is 296. The molecule has 0 heterocycles. The SMILES string of the molecule is CCC(C)(P=O)c1ccc(Br)cc1. The summed E-state index contributed by atoms with van der Waals surface area (Å²) in [4.78, 5) is 0. The third kappa shape index (κ3) is 2.38. The second-order valence-electron chi connectivity index (χ2n) is 3.23. The number of hydrogen-bond acceptors (Lipinski definition) is 1. The van der Waals surface area contributed by atoms with Gasteiger partial charge in [0.05, 0.1) is 5.16 Å². The average molecular weight is 259 g/mol. The summed E-state index contributed by atoms with van der Waals surface area (Å²) < 4.78 is 12.1. The van der Waals surface area contributed by atoms with E-state index in [1.165, 1.54) is 0 Å². The lowest BCUT2D eigenvalue weighted by molar-refractivity contribution is 0.556. The maximum absolute atomic E-state index is 11.0. The van der Waals surface area contributed by atoms with E-state index >= 15 is 0 Å². The van der Waals surface area contributed by atoms with E-state index in [1.807, 2.05) is 38.1 Å². The molecule has 1 aromatic rings. The van der Waals surface area contributed by atoms with E-state index in [4.69, 9.17) is 0 Å². The molecule has 13 heavy (non-hydrogen) atoms. The Morgan fingerprint density at radius 3 is 2.31 bits per heavy atom. The highest BCUT2D eigenvalue weighted by atomic mass is 79.9. The molecule has 0 saturated carbocycles. The fourth-order valence-electron chi connectivity index (χ4n) is 1.13. The van der Waals surface area contributed by atoms with Crippen molar-refractivity contribution in [3.05, 3.63) is 34.3 Å². The Morgan fingerprint density at radius 1 is 1.38 bits per heavy atom. The molecule has 1 rings (SSSR count). The lowest BCUT2D eigenvalue weighted by atomic mass is 9.98. The van der Waals surface area contributed by atoms with Crippen molar-refractivity contribution in [1.29, 1.82) is 0 Å². The van der Waals surface area contributed by atoms with E-state index in [2.05, 4.69) is 15.9 Å². The molecular formula is C10H12BrOP. The van der Waals surface area contributed by atoms with Gasteiger partial charge in [-0.25, -0.2) is 0 Å². The van der Waals surface area contributed by atoms with Gasteiger partial charge >= 0.3 is 0 Å². The highest BCUT2D eigenvalue weighted by molar-refractivity contribution is 9.10. The van der Waals surface area contributed by atoms with Gasteiger partial charge in [-0.1, -0.05) is 35.0 Å². The van der Waals surface area contributed by atoms with Crippen molar-refractivity contribution >= 4 is 24.4 Å². The zero-order chi connectivity index (χ0) is 9.90. The van der Waals surface area contributed by atoms with Crippen molar-refractivity contribution in [1.82, 2.24) is 0 Å². The van der Waals surface area contributed by atoms with Crippen LogP contribution < -0.4 is 0 Å². The van der Waals surface area contributed by atoms with Gasteiger partial charge in [0.25, 0.3) is 0 Å². The van der Waals surface area contributed by atoms with Crippen LogP contribution in [0.5, 0.6) is 0 Å². The maximum Gasteiger partial charge on any atom is 0.166 e. The van der Waals surface area contributed by atoms with Crippen LogP contribution in [0, 0.1) is 0 Å². The number of halogens is 1. The van der Waals surface area contributed by atoms with Gasteiger partial charge in [0.2, 0.25) is 0 Å². The molecule has 0 aromatic heterocycles. The van der Waals surface area contributed by atoms with E-state index < -0.39 is 0 Å². The first-order chi connectivity index (χ1) is 6.12. The van der Waals surface area contributed by atoms with Crippen LogP contribution in [0.4, 0.5) is 0 Å². The number of rotatable bonds is 3. The van der Waals surface area contributed by atoms with Crippen LogP contribution in [0.1, 0.15) is 25.8 Å². The summed E-state index contributed by atoms with van der Waals surface area (Å²) in [5, 5.41) is -0.235. The highest BCUT2D eigenvalue weighted by Gasteiger charge is 2.24. The van der Waals surface area contributed by atoms with Crippen LogP contribution in [0.2, 0.25) is 0 Å². The van der Waals surface area contributed by atoms with Crippen LogP contribution in [0.3, 0.4) is 0 Å². The van der Waals surface area contributed by atoms with Crippen LogP contribution in [0.15, 0.2) is 28.7 Å². The van der Waals surface area contributed by atoms with Crippen molar-refractivity contribution in [3.63, 3.8) is 0 Å². The van der Waals surface area contributed by atoms with Crippen molar-refractivity contribution in [2.75, 3.05) is 0 Å². The lowest BCUT2D eigenvalue weighted by Gasteiger charge is -2.19. The first-order valence-corrected chi connectivity index (χ1v) is 5.83. The topological polar surface area (TPSA) is 17.1 Å². The Labute approximate surface area is 88.9 Å². The molecular weight excluding hydrogens is 247 g/mol. The first kappa shape index (κ1) is 10.9. The molecule has 1 aromatic carbocycles. The first-order valence-electron chi connectivity index (χ1n) is 4.23. The quantitative estimate of drug-likeness (QED) is 0.737. The fourth-order valence-corrected chi connectivity index (χ4v) is 1.78. The molecule has 70 valence electrons. The summed E-state index contributed by atoms with van der Waals surface area (Å²) >= 11 is 3.38. The molecule has 0 spiro atoms. The Kier molecular flexibility index (Phi) is 3.63. The molecule has 0 aliphatic heterocycles. The summed E-state index contributed by atoms with van der Waals surface area (Å²) in [6.45, 7) is 4.05. The zero-order valence-corrected chi connectivity index (χ0v) is 10.2. The molecule has 0 aliphatic rings. The monoisotopic (exact) mass is 258 g/mol. The van der Waals surface area contributed by atoms with Gasteiger partial charge in [0.1, 0.15) is 0 Å². The molecule has 0 fully saturated rings. The summed E-state index contributed by atoms with van der Waals surface area (Å²) in [5.41, 5.74) is 1.12. The van der Waals surface area contributed by atoms with Crippen molar-refractivity contribution in [3.8, 4) is 0 Å². The van der Waals surface area contributed by atoms with Crippen LogP contribution in [-0.4, -0.2) is 0 Å². The van der Waals surface area contributed by atoms with Crippen LogP contribution in [0.25, 0.3) is 0 Å². The number of benzene rings is 1. The van der Waals surface area contributed by atoms with E-state index in [1.54, 1.807) is 0 Å². The Balaban J connectivity index is 3.06. The minimum absolute atomic E-state index is 0.188. The minimum Gasteiger partial charge on any atom is -0.274 e. The Morgan fingerprint density at radius 2 is 1.92 bits per heavy atom. The van der Waals surface area contributed by atoms with E-state index in [0.717, 1.165) is 16.5 Å². The van der Waals surface area contributed by atoms with Gasteiger partial charge in [0.15, 0.2) is 8.46 Å². The molecule has 0 radical (unpaired) electrons. The normalized spacial score (nSPS) is 15.6. The van der Waals surface area contributed by atoms with Crippen LogP contribution in [-0.2, 0) is 9.72 Å². The summed E-state index contributed by atoms with van der Waals surface area (Å²) in [6, 6.07) is 7.99. The summed E-state index contributed by atoms with van der Waals surface area (Å²) in [5.74, 6) is 0. The highest BCUT2D eigenvalue weighted by Crippen LogP contribution is 2.38. The summed E-state index contributed by atoms with van der Waals surface area (Å²) in [6.07, 6.45) is 0.875. The smallest absolute Gasteiger partial charge is 0.166 e. The van der Waals surface area contributed by atoms with Gasteiger partial charge in [-0.2, -0.15) is 0 Å². The third-order valence-electron chi connectivity index (χ3n) is 2.36. The van der Waals surface area contributed by atoms with Crippen molar-refractivity contribution < 1.29 is 4.57 Å². The maximum atomic E-state index is 11.0. The molecule has 0 bridgehead atoms. The fraction of sp³-hybridized carbons (Fsp3) is 0.400. The van der Waals surface area contributed by atoms with Crippen molar-refractivity contribution in [2.45, 2.75) is 25.4 Å². The largest absolute Gasteiger partial charge is 0.274 e. The summed E-state index contributed by atoms with van der Waals surface area (Å²) in [7, 11) is 0.188. The third-order valence-corrected chi connectivity index (χ3v) is 3.86. The molecule has 3 heteroatoms. The average Bonchev–Trinajstić information content (AvgIpc) is 2.18. The van der Waals surface area contributed by atoms with Gasteiger partial charge < -0.3 is 0 Å². The van der Waals surface area contributed by atoms with Crippen molar-refractivity contribution in [2.24, 2.45) is 0 Å². The van der Waals surface area contributed by atoms with Gasteiger partial charge in [-0.05, 0) is 31.0 Å². The van der Waals surface area contributed by atoms with E-state index in [-0.39, 0.29) is 13.6 Å². The molecule has 0 saturated heterocycles. The molecule has 0 N–H and O–H groups in total. The predicted molar refractivity (Wildman–Crippen MR) is 59.4 cm³/mol. The molecule has 1 unspecified atom stereocenters. The standard InChI is InChI=1S/C10H12BrOP/c1-3-10(2,13-12)8-4-6-9(11)7-5-8/h4-7H,3H2,1-2H3. The molecule has 1 nitrogen and oxygen atoms in total. The second kappa shape index (κ2) is 4.34.